The van der Waals surface area contributed by atoms with Gasteiger partial charge in [-0.2, -0.15) is 0 Å². The Balaban J connectivity index is 1.57. The van der Waals surface area contributed by atoms with E-state index in [1.165, 1.54) is 17.1 Å². The second-order valence-corrected chi connectivity index (χ2v) is 9.51. The Morgan fingerprint density at radius 1 is 0.964 bits per heavy atom. The number of hydrogen-bond acceptors (Lipinski definition) is 3. The highest BCUT2D eigenvalue weighted by Gasteiger charge is 2.31. The molecule has 2 aromatic carbocycles. The molecule has 5 nitrogen and oxygen atoms in total. The summed E-state index contributed by atoms with van der Waals surface area (Å²) in [6, 6.07) is 14.1. The van der Waals surface area contributed by atoms with Crippen LogP contribution in [0.4, 0.5) is 5.69 Å². The Morgan fingerprint density at radius 2 is 1.68 bits per heavy atom. The molecule has 1 heterocycles. The van der Waals surface area contributed by atoms with E-state index in [0.29, 0.717) is 24.2 Å². The summed E-state index contributed by atoms with van der Waals surface area (Å²) in [6.45, 7) is 0.403. The maximum absolute atomic E-state index is 13.1. The molecule has 148 valence electrons. The SMILES string of the molecule is O=C(NC1CCCCCC1)c1ccc2c(c1)N(S(=O)(=O)c1ccccc1)CC2. The summed E-state index contributed by atoms with van der Waals surface area (Å²) in [6.07, 6.45) is 7.47. The van der Waals surface area contributed by atoms with E-state index in [1.807, 2.05) is 12.1 Å². The number of anilines is 1. The quantitative estimate of drug-likeness (QED) is 0.795. The van der Waals surface area contributed by atoms with Gasteiger partial charge in [0.2, 0.25) is 0 Å². The predicted octanol–water partition coefficient (Wildman–Crippen LogP) is 3.89. The molecule has 0 aromatic heterocycles. The number of amides is 1. The van der Waals surface area contributed by atoms with Crippen molar-refractivity contribution in [2.24, 2.45) is 0 Å². The summed E-state index contributed by atoms with van der Waals surface area (Å²) in [5.74, 6) is -0.112. The van der Waals surface area contributed by atoms with Crippen LogP contribution in [0.1, 0.15) is 54.4 Å². The fraction of sp³-hybridized carbons (Fsp3) is 0.409. The Bertz CT molecular complexity index is 949. The lowest BCUT2D eigenvalue weighted by atomic mass is 10.1. The number of hydrogen-bond donors (Lipinski definition) is 1. The Labute approximate surface area is 166 Å². The lowest BCUT2D eigenvalue weighted by Gasteiger charge is -2.21. The number of carbonyl (C=O) groups excluding carboxylic acids is 1. The summed E-state index contributed by atoms with van der Waals surface area (Å²) in [7, 11) is -3.62. The van der Waals surface area contributed by atoms with Crippen LogP contribution < -0.4 is 9.62 Å². The zero-order valence-corrected chi connectivity index (χ0v) is 16.7. The molecule has 0 radical (unpaired) electrons. The molecule has 6 heteroatoms. The molecule has 1 aliphatic heterocycles. The number of benzene rings is 2. The molecule has 0 atom stereocenters. The van der Waals surface area contributed by atoms with Gasteiger partial charge in [0.05, 0.1) is 10.6 Å². The summed E-state index contributed by atoms with van der Waals surface area (Å²) < 4.78 is 27.5. The maximum atomic E-state index is 13.1. The first-order valence-electron chi connectivity index (χ1n) is 10.1. The van der Waals surface area contributed by atoms with Crippen LogP contribution in [-0.2, 0) is 16.4 Å². The van der Waals surface area contributed by atoms with Gasteiger partial charge in [0.1, 0.15) is 0 Å². The molecule has 0 spiro atoms. The predicted molar refractivity (Wildman–Crippen MR) is 110 cm³/mol. The third-order valence-electron chi connectivity index (χ3n) is 5.72. The van der Waals surface area contributed by atoms with Crippen molar-refractivity contribution in [3.63, 3.8) is 0 Å². The molecule has 28 heavy (non-hydrogen) atoms. The van der Waals surface area contributed by atoms with Gasteiger partial charge in [0.15, 0.2) is 0 Å². The molecule has 0 bridgehead atoms. The van der Waals surface area contributed by atoms with Crippen LogP contribution in [0.2, 0.25) is 0 Å². The van der Waals surface area contributed by atoms with E-state index >= 15 is 0 Å². The van der Waals surface area contributed by atoms with E-state index in [9.17, 15) is 13.2 Å². The van der Waals surface area contributed by atoms with Gasteiger partial charge in [0, 0.05) is 18.2 Å². The molecule has 1 fully saturated rings. The van der Waals surface area contributed by atoms with Crippen LogP contribution in [-0.4, -0.2) is 26.9 Å². The van der Waals surface area contributed by atoms with E-state index in [4.69, 9.17) is 0 Å². The molecule has 1 amide bonds. The first kappa shape index (κ1) is 19.0. The van der Waals surface area contributed by atoms with Crippen molar-refractivity contribution in [3.8, 4) is 0 Å². The fourth-order valence-electron chi connectivity index (χ4n) is 4.15. The van der Waals surface area contributed by atoms with E-state index in [-0.39, 0.29) is 16.8 Å². The summed E-state index contributed by atoms with van der Waals surface area (Å²) >= 11 is 0. The van der Waals surface area contributed by atoms with Crippen LogP contribution in [0, 0.1) is 0 Å². The Morgan fingerprint density at radius 3 is 2.39 bits per heavy atom. The van der Waals surface area contributed by atoms with Crippen LogP contribution in [0.25, 0.3) is 0 Å². The molecule has 2 aromatic rings. The van der Waals surface area contributed by atoms with Gasteiger partial charge >= 0.3 is 0 Å². The smallest absolute Gasteiger partial charge is 0.264 e. The topological polar surface area (TPSA) is 66.5 Å². The van der Waals surface area contributed by atoms with Gasteiger partial charge in [-0.25, -0.2) is 8.42 Å². The maximum Gasteiger partial charge on any atom is 0.264 e. The lowest BCUT2D eigenvalue weighted by Crippen LogP contribution is -2.34. The molecule has 1 N–H and O–H groups in total. The van der Waals surface area contributed by atoms with Crippen molar-refractivity contribution in [3.05, 3.63) is 59.7 Å². The number of sulfonamides is 1. The molecule has 4 rings (SSSR count). The first-order chi connectivity index (χ1) is 13.6. The van der Waals surface area contributed by atoms with Crippen LogP contribution in [0.5, 0.6) is 0 Å². The van der Waals surface area contributed by atoms with Gasteiger partial charge in [-0.1, -0.05) is 49.9 Å². The van der Waals surface area contributed by atoms with Gasteiger partial charge in [-0.05, 0) is 49.1 Å². The average Bonchev–Trinajstić information content (AvgIpc) is 2.98. The zero-order valence-electron chi connectivity index (χ0n) is 15.9. The monoisotopic (exact) mass is 398 g/mol. The lowest BCUT2D eigenvalue weighted by molar-refractivity contribution is 0.0933. The van der Waals surface area contributed by atoms with E-state index in [1.54, 1.807) is 36.4 Å². The highest BCUT2D eigenvalue weighted by Crippen LogP contribution is 2.33. The second-order valence-electron chi connectivity index (χ2n) is 7.65. The van der Waals surface area contributed by atoms with Crippen molar-refractivity contribution in [1.29, 1.82) is 0 Å². The normalized spacial score (nSPS) is 17.8. The summed E-state index contributed by atoms with van der Waals surface area (Å²) in [5, 5.41) is 3.14. The Hall–Kier alpha value is -2.34. The molecular formula is C22H26N2O3S. The average molecular weight is 399 g/mol. The minimum Gasteiger partial charge on any atom is -0.349 e. The van der Waals surface area contributed by atoms with Gasteiger partial charge < -0.3 is 5.32 Å². The van der Waals surface area contributed by atoms with Gasteiger partial charge in [-0.3, -0.25) is 9.10 Å². The largest absolute Gasteiger partial charge is 0.349 e. The fourth-order valence-corrected chi connectivity index (χ4v) is 5.67. The minimum absolute atomic E-state index is 0.112. The third kappa shape index (κ3) is 3.78. The van der Waals surface area contributed by atoms with Crippen molar-refractivity contribution >= 4 is 21.6 Å². The van der Waals surface area contributed by atoms with Crippen LogP contribution in [0.15, 0.2) is 53.4 Å². The summed E-state index contributed by atoms with van der Waals surface area (Å²) in [4.78, 5) is 13.0. The van der Waals surface area contributed by atoms with E-state index in [0.717, 1.165) is 31.2 Å². The molecule has 1 saturated carbocycles. The number of rotatable bonds is 4. The molecular weight excluding hydrogens is 372 g/mol. The Kier molecular flexibility index (Phi) is 5.40. The number of nitrogens with zero attached hydrogens (tertiary/aromatic N) is 1. The minimum atomic E-state index is -3.62. The first-order valence-corrected chi connectivity index (χ1v) is 11.5. The van der Waals surface area contributed by atoms with E-state index in [2.05, 4.69) is 5.32 Å². The van der Waals surface area contributed by atoms with Crippen molar-refractivity contribution < 1.29 is 13.2 Å². The van der Waals surface area contributed by atoms with Crippen molar-refractivity contribution in [2.45, 2.75) is 55.9 Å². The van der Waals surface area contributed by atoms with Crippen LogP contribution in [0.3, 0.4) is 0 Å². The number of nitrogens with one attached hydrogen (secondary N) is 1. The van der Waals surface area contributed by atoms with Crippen molar-refractivity contribution in [1.82, 2.24) is 5.32 Å². The van der Waals surface area contributed by atoms with E-state index < -0.39 is 10.0 Å². The number of fused-ring (bicyclic) bond motifs is 1. The highest BCUT2D eigenvalue weighted by atomic mass is 32.2. The number of carbonyl (C=O) groups is 1. The van der Waals surface area contributed by atoms with Gasteiger partial charge in [-0.15, -0.1) is 0 Å². The molecule has 2 aliphatic rings. The second kappa shape index (κ2) is 7.95. The zero-order chi connectivity index (χ0) is 19.6. The van der Waals surface area contributed by atoms with Gasteiger partial charge in [0.25, 0.3) is 15.9 Å². The summed E-state index contributed by atoms with van der Waals surface area (Å²) in [5.41, 5.74) is 2.11. The van der Waals surface area contributed by atoms with Crippen LogP contribution >= 0.6 is 0 Å². The molecule has 1 aliphatic carbocycles. The highest BCUT2D eigenvalue weighted by molar-refractivity contribution is 7.92. The third-order valence-corrected chi connectivity index (χ3v) is 7.55. The standard InChI is InChI=1S/C22H26N2O3S/c25-22(23-19-8-4-1-2-5-9-19)18-13-12-17-14-15-24(21(17)16-18)28(26,27)20-10-6-3-7-11-20/h3,6-7,10-13,16,19H,1-2,4-5,8-9,14-15H2,(H,23,25). The van der Waals surface area contributed by atoms with Crippen molar-refractivity contribution in [2.75, 3.05) is 10.8 Å². The molecule has 0 saturated heterocycles. The molecule has 0 unspecified atom stereocenters.